The highest BCUT2D eigenvalue weighted by Gasteiger charge is 2.28. The van der Waals surface area contributed by atoms with Gasteiger partial charge in [-0.2, -0.15) is 0 Å². The minimum absolute atomic E-state index is 0.155. The Kier molecular flexibility index (Phi) is 3.38. The van der Waals surface area contributed by atoms with E-state index in [-0.39, 0.29) is 16.5 Å². The highest BCUT2D eigenvalue weighted by atomic mass is 35.5. The van der Waals surface area contributed by atoms with Gasteiger partial charge in [-0.3, -0.25) is 10.1 Å². The smallest absolute Gasteiger partial charge is 0.313 e. The van der Waals surface area contributed by atoms with E-state index in [1.54, 1.807) is 0 Å². The number of nitrogens with one attached hydrogen (secondary N) is 1. The Bertz CT molecular complexity index is 965. The van der Waals surface area contributed by atoms with Crippen LogP contribution in [-0.2, 0) is 7.05 Å². The summed E-state index contributed by atoms with van der Waals surface area (Å²) in [6.07, 6.45) is 3.74. The molecule has 1 fully saturated rings. The molecular formula is C16H14ClN5O2. The van der Waals surface area contributed by atoms with Crippen molar-refractivity contribution in [2.75, 3.05) is 5.32 Å². The lowest BCUT2D eigenvalue weighted by atomic mass is 10.2. The van der Waals surface area contributed by atoms with Gasteiger partial charge >= 0.3 is 5.69 Å². The van der Waals surface area contributed by atoms with Gasteiger partial charge in [-0.1, -0.05) is 11.6 Å². The third kappa shape index (κ3) is 2.56. The van der Waals surface area contributed by atoms with Crippen LogP contribution in [0.4, 0.5) is 17.2 Å². The number of aryl methyl sites for hydroxylation is 1. The zero-order valence-electron chi connectivity index (χ0n) is 12.9. The van der Waals surface area contributed by atoms with Crippen molar-refractivity contribution < 1.29 is 4.92 Å². The second kappa shape index (κ2) is 5.45. The van der Waals surface area contributed by atoms with E-state index < -0.39 is 4.92 Å². The van der Waals surface area contributed by atoms with Crippen LogP contribution < -0.4 is 5.32 Å². The van der Waals surface area contributed by atoms with Gasteiger partial charge in [0.05, 0.1) is 21.0 Å². The number of anilines is 2. The molecule has 1 N–H and O–H groups in total. The molecule has 3 aromatic rings. The predicted molar refractivity (Wildman–Crippen MR) is 91.9 cm³/mol. The maximum absolute atomic E-state index is 11.2. The van der Waals surface area contributed by atoms with Gasteiger partial charge in [0.25, 0.3) is 0 Å². The molecule has 1 aliphatic rings. The zero-order chi connectivity index (χ0) is 16.8. The maximum Gasteiger partial charge on any atom is 0.313 e. The summed E-state index contributed by atoms with van der Waals surface area (Å²) >= 11 is 5.79. The fraction of sp³-hybridized carbons (Fsp3) is 0.250. The first kappa shape index (κ1) is 14.9. The molecule has 0 radical (unpaired) electrons. The molecule has 0 aliphatic heterocycles. The van der Waals surface area contributed by atoms with Crippen molar-refractivity contribution in [3.05, 3.63) is 51.4 Å². The predicted octanol–water partition coefficient (Wildman–Crippen LogP) is 4.15. The minimum atomic E-state index is -0.508. The van der Waals surface area contributed by atoms with E-state index in [0.29, 0.717) is 11.6 Å². The van der Waals surface area contributed by atoms with E-state index >= 15 is 0 Å². The van der Waals surface area contributed by atoms with Crippen molar-refractivity contribution in [3.8, 4) is 0 Å². The van der Waals surface area contributed by atoms with E-state index in [9.17, 15) is 10.1 Å². The fourth-order valence-corrected chi connectivity index (χ4v) is 2.96. The largest absolute Gasteiger partial charge is 0.334 e. The van der Waals surface area contributed by atoms with Crippen LogP contribution in [0, 0.1) is 10.1 Å². The molecule has 0 spiro atoms. The van der Waals surface area contributed by atoms with Crippen molar-refractivity contribution in [3.63, 3.8) is 0 Å². The molecule has 2 aromatic heterocycles. The summed E-state index contributed by atoms with van der Waals surface area (Å²) < 4.78 is 2.11. The first-order valence-electron chi connectivity index (χ1n) is 7.56. The van der Waals surface area contributed by atoms with E-state index in [4.69, 9.17) is 16.6 Å². The van der Waals surface area contributed by atoms with Crippen LogP contribution >= 0.6 is 11.6 Å². The number of nitrogens with zero attached hydrogens (tertiary/aromatic N) is 4. The second-order valence-corrected chi connectivity index (χ2v) is 6.35. The SMILES string of the molecule is Cn1c(C2CC2)nc2cc(Nc3ncc(Cl)cc3[N+](=O)[O-])ccc21. The number of nitro groups is 1. The topological polar surface area (TPSA) is 85.9 Å². The summed E-state index contributed by atoms with van der Waals surface area (Å²) in [6.45, 7) is 0. The first-order valence-corrected chi connectivity index (χ1v) is 7.94. The molecule has 0 bridgehead atoms. The highest BCUT2D eigenvalue weighted by Crippen LogP contribution is 2.40. The van der Waals surface area contributed by atoms with Crippen LogP contribution in [0.3, 0.4) is 0 Å². The zero-order valence-corrected chi connectivity index (χ0v) is 13.6. The number of fused-ring (bicyclic) bond motifs is 1. The van der Waals surface area contributed by atoms with Crippen LogP contribution in [0.2, 0.25) is 5.02 Å². The molecular weight excluding hydrogens is 330 g/mol. The summed E-state index contributed by atoms with van der Waals surface area (Å²) in [5.41, 5.74) is 2.44. The molecule has 24 heavy (non-hydrogen) atoms. The summed E-state index contributed by atoms with van der Waals surface area (Å²) in [5, 5.41) is 14.4. The monoisotopic (exact) mass is 343 g/mol. The lowest BCUT2D eigenvalue weighted by Gasteiger charge is -2.06. The average Bonchev–Trinajstić information content (AvgIpc) is 3.34. The van der Waals surface area contributed by atoms with Gasteiger partial charge in [-0.15, -0.1) is 0 Å². The van der Waals surface area contributed by atoms with Crippen molar-refractivity contribution in [1.29, 1.82) is 0 Å². The molecule has 0 unspecified atom stereocenters. The lowest BCUT2D eigenvalue weighted by molar-refractivity contribution is -0.384. The van der Waals surface area contributed by atoms with E-state index in [2.05, 4.69) is 14.9 Å². The number of hydrogen-bond donors (Lipinski definition) is 1. The van der Waals surface area contributed by atoms with Gasteiger partial charge in [-0.25, -0.2) is 9.97 Å². The molecule has 122 valence electrons. The van der Waals surface area contributed by atoms with Gasteiger partial charge in [-0.05, 0) is 31.0 Å². The molecule has 8 heteroatoms. The number of aromatic nitrogens is 3. The summed E-state index contributed by atoms with van der Waals surface area (Å²) in [7, 11) is 2.02. The second-order valence-electron chi connectivity index (χ2n) is 5.91. The normalized spacial score (nSPS) is 14.1. The van der Waals surface area contributed by atoms with Crippen molar-refractivity contribution in [1.82, 2.24) is 14.5 Å². The lowest BCUT2D eigenvalue weighted by Crippen LogP contribution is -1.99. The van der Waals surface area contributed by atoms with E-state index in [1.807, 2.05) is 25.2 Å². The molecule has 7 nitrogen and oxygen atoms in total. The summed E-state index contributed by atoms with van der Waals surface area (Å²) in [4.78, 5) is 19.4. The number of halogens is 1. The van der Waals surface area contributed by atoms with E-state index in [1.165, 1.54) is 25.1 Å². The van der Waals surface area contributed by atoms with Crippen LogP contribution in [-0.4, -0.2) is 19.5 Å². The Labute approximate surface area is 142 Å². The maximum atomic E-state index is 11.2. The van der Waals surface area contributed by atoms with Crippen LogP contribution in [0.5, 0.6) is 0 Å². The fourth-order valence-electron chi connectivity index (χ4n) is 2.80. The Hall–Kier alpha value is -2.67. The van der Waals surface area contributed by atoms with Gasteiger partial charge < -0.3 is 9.88 Å². The number of benzene rings is 1. The number of pyridine rings is 1. The Balaban J connectivity index is 1.71. The van der Waals surface area contributed by atoms with Crippen molar-refractivity contribution in [2.45, 2.75) is 18.8 Å². The Morgan fingerprint density at radius 3 is 2.88 bits per heavy atom. The third-order valence-electron chi connectivity index (χ3n) is 4.15. The number of hydrogen-bond acceptors (Lipinski definition) is 5. The van der Waals surface area contributed by atoms with Crippen molar-refractivity contribution >= 4 is 39.8 Å². The summed E-state index contributed by atoms with van der Waals surface area (Å²) in [5.74, 6) is 1.80. The molecule has 1 saturated carbocycles. The van der Waals surface area contributed by atoms with Crippen molar-refractivity contribution in [2.24, 2.45) is 7.05 Å². The first-order chi connectivity index (χ1) is 11.5. The molecule has 0 amide bonds. The van der Waals surface area contributed by atoms with Gasteiger partial charge in [0.15, 0.2) is 0 Å². The third-order valence-corrected chi connectivity index (χ3v) is 4.36. The molecule has 1 aromatic carbocycles. The summed E-state index contributed by atoms with van der Waals surface area (Å²) in [6, 6.07) is 6.97. The van der Waals surface area contributed by atoms with Crippen LogP contribution in [0.25, 0.3) is 11.0 Å². The number of rotatable bonds is 4. The quantitative estimate of drug-likeness (QED) is 0.568. The molecule has 1 aliphatic carbocycles. The van der Waals surface area contributed by atoms with Crippen LogP contribution in [0.1, 0.15) is 24.6 Å². The van der Waals surface area contributed by atoms with Gasteiger partial charge in [0.2, 0.25) is 5.82 Å². The highest BCUT2D eigenvalue weighted by molar-refractivity contribution is 6.30. The Morgan fingerprint density at radius 2 is 2.17 bits per heavy atom. The average molecular weight is 344 g/mol. The van der Waals surface area contributed by atoms with Gasteiger partial charge in [0.1, 0.15) is 5.82 Å². The molecule has 2 heterocycles. The molecule has 0 saturated heterocycles. The standard InChI is InChI=1S/C16H14ClN5O2/c1-21-13-5-4-11(7-12(13)20-16(21)9-2-3-9)19-15-14(22(23)24)6-10(17)8-18-15/h4-9H,2-3H2,1H3,(H,18,19). The molecule has 4 rings (SSSR count). The van der Waals surface area contributed by atoms with Crippen LogP contribution in [0.15, 0.2) is 30.5 Å². The number of imidazole rings is 1. The minimum Gasteiger partial charge on any atom is -0.334 e. The van der Waals surface area contributed by atoms with E-state index in [0.717, 1.165) is 16.9 Å². The Morgan fingerprint density at radius 1 is 1.38 bits per heavy atom. The van der Waals surface area contributed by atoms with Gasteiger partial charge in [0, 0.05) is 30.9 Å². The molecule has 0 atom stereocenters.